The summed E-state index contributed by atoms with van der Waals surface area (Å²) in [4.78, 5) is 12.0. The number of aryl methyl sites for hydroxylation is 1. The van der Waals surface area contributed by atoms with Gasteiger partial charge in [0.25, 0.3) is 0 Å². The van der Waals surface area contributed by atoms with E-state index in [1.807, 2.05) is 37.4 Å². The maximum absolute atomic E-state index is 6.22. The fourth-order valence-corrected chi connectivity index (χ4v) is 3.28. The van der Waals surface area contributed by atoms with E-state index in [4.69, 9.17) is 11.6 Å². The fraction of sp³-hybridized carbons (Fsp3) is 0.0625. The summed E-state index contributed by atoms with van der Waals surface area (Å²) in [5.41, 5.74) is 6.46. The van der Waals surface area contributed by atoms with Gasteiger partial charge in [0.15, 0.2) is 5.65 Å². The van der Waals surface area contributed by atoms with Crippen molar-refractivity contribution in [3.05, 3.63) is 47.5 Å². The summed E-state index contributed by atoms with van der Waals surface area (Å²) in [6.45, 7) is 1.98. The number of nitrogens with zero attached hydrogens (tertiary/aromatic N) is 4. The lowest BCUT2D eigenvalue weighted by atomic mass is 10.2. The van der Waals surface area contributed by atoms with E-state index in [2.05, 4.69) is 29.7 Å². The highest BCUT2D eigenvalue weighted by Gasteiger charge is 2.17. The molecule has 0 aliphatic carbocycles. The van der Waals surface area contributed by atoms with Crippen molar-refractivity contribution in [1.29, 1.82) is 0 Å². The molecule has 0 aliphatic rings. The Morgan fingerprint density at radius 1 is 1.17 bits per heavy atom. The molecule has 0 unspecified atom stereocenters. The Morgan fingerprint density at radius 3 is 3.00 bits per heavy atom. The van der Waals surface area contributed by atoms with Crippen molar-refractivity contribution in [3.8, 4) is 5.69 Å². The van der Waals surface area contributed by atoms with Crippen LogP contribution in [0.2, 0.25) is 5.02 Å². The molecule has 0 saturated carbocycles. The molecule has 0 saturated heterocycles. The van der Waals surface area contributed by atoms with Crippen molar-refractivity contribution in [3.63, 3.8) is 0 Å². The molecule has 2 N–H and O–H groups in total. The van der Waals surface area contributed by atoms with Crippen LogP contribution in [-0.4, -0.2) is 29.7 Å². The monoisotopic (exact) mass is 322 g/mol. The zero-order chi connectivity index (χ0) is 15.6. The molecular formula is C16H11ClN6. The Morgan fingerprint density at radius 2 is 2.09 bits per heavy atom. The van der Waals surface area contributed by atoms with Crippen LogP contribution in [0.25, 0.3) is 38.8 Å². The van der Waals surface area contributed by atoms with Crippen LogP contribution in [0.4, 0.5) is 0 Å². The molecule has 4 heterocycles. The Hall–Kier alpha value is -2.86. The van der Waals surface area contributed by atoms with Gasteiger partial charge in [0.05, 0.1) is 40.5 Å². The van der Waals surface area contributed by atoms with Crippen LogP contribution in [0, 0.1) is 6.92 Å². The molecule has 112 valence electrons. The maximum atomic E-state index is 6.22. The predicted octanol–water partition coefficient (Wildman–Crippen LogP) is 3.74. The van der Waals surface area contributed by atoms with Gasteiger partial charge < -0.3 is 9.55 Å². The maximum Gasteiger partial charge on any atom is 0.157 e. The SMILES string of the molecule is Cc1nc2[nH]cnc2cc1-n1c2cc(Cl)ccc2c2[nH]ncc21. The van der Waals surface area contributed by atoms with Crippen molar-refractivity contribution in [2.45, 2.75) is 6.92 Å². The topological polar surface area (TPSA) is 75.2 Å². The average Bonchev–Trinajstić information content (AvgIpc) is 3.21. The number of nitrogens with one attached hydrogen (secondary N) is 2. The molecule has 0 spiro atoms. The third kappa shape index (κ3) is 1.66. The minimum atomic E-state index is 0.693. The van der Waals surface area contributed by atoms with Crippen molar-refractivity contribution in [2.24, 2.45) is 0 Å². The summed E-state index contributed by atoms with van der Waals surface area (Å²) in [6.07, 6.45) is 3.47. The van der Waals surface area contributed by atoms with Crippen molar-refractivity contribution >= 4 is 44.7 Å². The van der Waals surface area contributed by atoms with Gasteiger partial charge in [-0.3, -0.25) is 5.10 Å². The predicted molar refractivity (Wildman–Crippen MR) is 90.1 cm³/mol. The van der Waals surface area contributed by atoms with Crippen LogP contribution >= 0.6 is 11.6 Å². The number of imidazole rings is 1. The standard InChI is InChI=1S/C16H11ClN6/c1-8-12(5-11-16(21-8)19-7-18-11)23-13-4-9(17)2-3-10(13)15-14(23)6-20-22-15/h2-7H,1H3,(H,20,22)(H,18,19,21). The molecule has 7 heteroatoms. The highest BCUT2D eigenvalue weighted by atomic mass is 35.5. The fourth-order valence-electron chi connectivity index (χ4n) is 3.12. The van der Waals surface area contributed by atoms with Gasteiger partial charge in [-0.15, -0.1) is 0 Å². The second kappa shape index (κ2) is 4.33. The average molecular weight is 323 g/mol. The summed E-state index contributed by atoms with van der Waals surface area (Å²) in [5.74, 6) is 0. The number of halogens is 1. The van der Waals surface area contributed by atoms with Gasteiger partial charge in [-0.2, -0.15) is 5.10 Å². The normalized spacial score (nSPS) is 11.9. The highest BCUT2D eigenvalue weighted by Crippen LogP contribution is 2.33. The summed E-state index contributed by atoms with van der Waals surface area (Å²) in [6, 6.07) is 7.88. The number of fused-ring (bicyclic) bond motifs is 4. The van der Waals surface area contributed by atoms with E-state index in [0.717, 1.165) is 44.5 Å². The Labute approximate surface area is 135 Å². The third-order valence-corrected chi connectivity index (χ3v) is 4.38. The first kappa shape index (κ1) is 12.7. The molecule has 0 radical (unpaired) electrons. The van der Waals surface area contributed by atoms with Crippen molar-refractivity contribution in [1.82, 2.24) is 29.7 Å². The van der Waals surface area contributed by atoms with Crippen LogP contribution in [-0.2, 0) is 0 Å². The van der Waals surface area contributed by atoms with Crippen LogP contribution in [0.3, 0.4) is 0 Å². The second-order valence-corrected chi connectivity index (χ2v) is 5.93. The first-order valence-corrected chi connectivity index (χ1v) is 7.54. The second-order valence-electron chi connectivity index (χ2n) is 5.49. The molecule has 5 aromatic rings. The number of H-pyrrole nitrogens is 2. The Balaban J connectivity index is 1.98. The molecule has 0 bridgehead atoms. The smallest absolute Gasteiger partial charge is 0.157 e. The van der Waals surface area contributed by atoms with Gasteiger partial charge in [0.2, 0.25) is 0 Å². The first-order valence-electron chi connectivity index (χ1n) is 7.16. The number of aromatic nitrogens is 6. The van der Waals surface area contributed by atoms with Gasteiger partial charge in [0.1, 0.15) is 5.52 Å². The van der Waals surface area contributed by atoms with Gasteiger partial charge in [-0.25, -0.2) is 9.97 Å². The van der Waals surface area contributed by atoms with E-state index in [1.54, 1.807) is 6.33 Å². The molecular weight excluding hydrogens is 312 g/mol. The van der Waals surface area contributed by atoms with Crippen LogP contribution in [0.15, 0.2) is 36.8 Å². The van der Waals surface area contributed by atoms with E-state index in [9.17, 15) is 0 Å². The Bertz CT molecular complexity index is 1200. The quantitative estimate of drug-likeness (QED) is 0.493. The van der Waals surface area contributed by atoms with Crippen LogP contribution in [0.5, 0.6) is 0 Å². The molecule has 0 aliphatic heterocycles. The molecule has 1 aromatic carbocycles. The number of benzene rings is 1. The lowest BCUT2D eigenvalue weighted by molar-refractivity contribution is 1.09. The molecule has 4 aromatic heterocycles. The molecule has 23 heavy (non-hydrogen) atoms. The van der Waals surface area contributed by atoms with E-state index < -0.39 is 0 Å². The number of pyridine rings is 1. The summed E-state index contributed by atoms with van der Waals surface area (Å²) >= 11 is 6.22. The van der Waals surface area contributed by atoms with Gasteiger partial charge >= 0.3 is 0 Å². The molecule has 5 rings (SSSR count). The zero-order valence-corrected chi connectivity index (χ0v) is 12.9. The minimum absolute atomic E-state index is 0.693. The summed E-state index contributed by atoms with van der Waals surface area (Å²) in [7, 11) is 0. The number of hydrogen-bond donors (Lipinski definition) is 2. The van der Waals surface area contributed by atoms with E-state index in [-0.39, 0.29) is 0 Å². The highest BCUT2D eigenvalue weighted by molar-refractivity contribution is 6.31. The van der Waals surface area contributed by atoms with Gasteiger partial charge in [0, 0.05) is 10.4 Å². The molecule has 6 nitrogen and oxygen atoms in total. The largest absolute Gasteiger partial charge is 0.329 e. The number of rotatable bonds is 1. The van der Waals surface area contributed by atoms with E-state index in [0.29, 0.717) is 5.02 Å². The minimum Gasteiger partial charge on any atom is -0.329 e. The van der Waals surface area contributed by atoms with Crippen LogP contribution in [0.1, 0.15) is 5.69 Å². The van der Waals surface area contributed by atoms with Gasteiger partial charge in [-0.1, -0.05) is 11.6 Å². The molecule has 0 fully saturated rings. The zero-order valence-electron chi connectivity index (χ0n) is 12.1. The number of hydrogen-bond acceptors (Lipinski definition) is 3. The summed E-state index contributed by atoms with van der Waals surface area (Å²) < 4.78 is 2.12. The lowest BCUT2D eigenvalue weighted by Crippen LogP contribution is -1.99. The third-order valence-electron chi connectivity index (χ3n) is 4.14. The van der Waals surface area contributed by atoms with Crippen molar-refractivity contribution < 1.29 is 0 Å². The Kier molecular flexibility index (Phi) is 2.38. The van der Waals surface area contributed by atoms with E-state index >= 15 is 0 Å². The molecule has 0 atom stereocenters. The van der Waals surface area contributed by atoms with E-state index in [1.165, 1.54) is 0 Å². The molecule has 0 amide bonds. The van der Waals surface area contributed by atoms with Gasteiger partial charge in [-0.05, 0) is 31.2 Å². The van der Waals surface area contributed by atoms with Crippen molar-refractivity contribution in [2.75, 3.05) is 0 Å². The van der Waals surface area contributed by atoms with Crippen LogP contribution < -0.4 is 0 Å². The number of aromatic amines is 2. The lowest BCUT2D eigenvalue weighted by Gasteiger charge is -2.09. The first-order chi connectivity index (χ1) is 11.2. The summed E-state index contributed by atoms with van der Waals surface area (Å²) in [5, 5.41) is 9.01.